The van der Waals surface area contributed by atoms with Crippen LogP contribution in [0.4, 0.5) is 34.1 Å². The minimum Gasteiger partial charge on any atom is -0.455 e. The van der Waals surface area contributed by atoms with Crippen molar-refractivity contribution in [3.8, 4) is 94.7 Å². The first-order chi connectivity index (χ1) is 58.2. The maximum absolute atomic E-state index is 7.07. The number of nitrogens with zero attached hydrogens (tertiary/aromatic N) is 3. The second-order valence-electron chi connectivity index (χ2n) is 32.9. The van der Waals surface area contributed by atoms with Gasteiger partial charge in [0.15, 0.2) is 0 Å². The molecule has 0 N–H and O–H groups in total. The highest BCUT2D eigenvalue weighted by atomic mass is 16.3. The summed E-state index contributed by atoms with van der Waals surface area (Å²) in [5, 5.41) is 4.62. The van der Waals surface area contributed by atoms with Crippen LogP contribution in [0.5, 0.6) is 0 Å². The smallest absolute Gasteiger partial charge is 0.252 e. The summed E-state index contributed by atoms with van der Waals surface area (Å²) in [5.41, 5.74) is 38.5. The Morgan fingerprint density at radius 3 is 1.29 bits per heavy atom. The number of hydrogen-bond donors (Lipinski definition) is 0. The van der Waals surface area contributed by atoms with Crippen LogP contribution in [0.2, 0.25) is 0 Å². The molecule has 554 valence electrons. The number of anilines is 6. The van der Waals surface area contributed by atoms with Crippen LogP contribution in [-0.2, 0) is 10.8 Å². The number of furan rings is 1. The fourth-order valence-corrected chi connectivity index (χ4v) is 20.2. The molecule has 0 amide bonds. The first-order valence-electron chi connectivity index (χ1n) is 41.1. The van der Waals surface area contributed by atoms with Crippen molar-refractivity contribution in [3.63, 3.8) is 0 Å². The Morgan fingerprint density at radius 2 is 0.746 bits per heavy atom. The van der Waals surface area contributed by atoms with Gasteiger partial charge in [0.2, 0.25) is 0 Å². The zero-order valence-electron chi connectivity index (χ0n) is 65.7. The molecule has 3 aliphatic rings. The second-order valence-corrected chi connectivity index (χ2v) is 32.9. The van der Waals surface area contributed by atoms with Gasteiger partial charge in [-0.1, -0.05) is 367 Å². The largest absolute Gasteiger partial charge is 0.455 e. The van der Waals surface area contributed by atoms with Crippen LogP contribution in [-0.4, -0.2) is 11.3 Å². The monoisotopic (exact) mass is 1500 g/mol. The van der Waals surface area contributed by atoms with E-state index in [9.17, 15) is 0 Å². The molecule has 20 aromatic rings. The van der Waals surface area contributed by atoms with Crippen molar-refractivity contribution < 1.29 is 4.42 Å². The first-order valence-corrected chi connectivity index (χ1v) is 41.1. The highest BCUT2D eigenvalue weighted by Gasteiger charge is 2.50. The van der Waals surface area contributed by atoms with E-state index in [1.807, 2.05) is 0 Å². The fraction of sp³-hybridized carbons (Fsp3) is 0.0442. The molecule has 4 heterocycles. The van der Waals surface area contributed by atoms with Gasteiger partial charge in [-0.2, -0.15) is 0 Å². The summed E-state index contributed by atoms with van der Waals surface area (Å²) in [6.07, 6.45) is 0. The van der Waals surface area contributed by atoms with Gasteiger partial charge in [-0.15, -0.1) is 0 Å². The van der Waals surface area contributed by atoms with Crippen molar-refractivity contribution in [3.05, 3.63) is 446 Å². The van der Waals surface area contributed by atoms with E-state index < -0.39 is 5.41 Å². The summed E-state index contributed by atoms with van der Waals surface area (Å²) >= 11 is 0. The quantitative estimate of drug-likeness (QED) is 0.114. The molecule has 5 heteroatoms. The van der Waals surface area contributed by atoms with Crippen molar-refractivity contribution in [2.45, 2.75) is 31.6 Å². The Hall–Kier alpha value is -14.8. The van der Waals surface area contributed by atoms with E-state index in [0.29, 0.717) is 0 Å². The lowest BCUT2D eigenvalue weighted by molar-refractivity contribution is 0.590. The van der Waals surface area contributed by atoms with Crippen LogP contribution in [0, 0.1) is 0 Å². The van der Waals surface area contributed by atoms with E-state index in [0.717, 1.165) is 151 Å². The van der Waals surface area contributed by atoms with Gasteiger partial charge in [0.1, 0.15) is 11.2 Å². The van der Waals surface area contributed by atoms with E-state index in [2.05, 4.69) is 454 Å². The van der Waals surface area contributed by atoms with Crippen molar-refractivity contribution in [2.75, 3.05) is 9.80 Å². The number of fused-ring (bicyclic) bond motifs is 14. The third-order valence-corrected chi connectivity index (χ3v) is 25.4. The fourth-order valence-electron chi connectivity index (χ4n) is 20.2. The Morgan fingerprint density at radius 1 is 0.288 bits per heavy atom. The van der Waals surface area contributed by atoms with E-state index in [-0.39, 0.29) is 12.1 Å². The van der Waals surface area contributed by atoms with Gasteiger partial charge in [0.25, 0.3) is 6.71 Å². The summed E-state index contributed by atoms with van der Waals surface area (Å²) in [6, 6.07) is 157. The Balaban J connectivity index is 0.882. The Labute approximate surface area is 687 Å². The molecule has 2 aromatic heterocycles. The SMILES string of the molecule is CC(C)(C)c1cc2c3c(c1)N(c1c(-c4ccccc4)cc(-c4ccccc4)cc1-c1ccccc1)c1cc(-n4c5ccccc5c5c6c(ccc54)-c4ccccc4C6(c4ccccc4)c4ccccc4)ccc1B3c1cc(-c3cccc4c3oc3ccccc34)ccc1N2c1c(-c2ccccc2)cc(-c2ccccc2)cc1-c1ccccc1. The molecule has 23 rings (SSSR count). The van der Waals surface area contributed by atoms with Gasteiger partial charge in [-0.25, -0.2) is 0 Å². The molecule has 118 heavy (non-hydrogen) atoms. The molecule has 0 atom stereocenters. The van der Waals surface area contributed by atoms with Crippen molar-refractivity contribution in [1.29, 1.82) is 0 Å². The standard InChI is InChI=1S/C113H78BN3O/c1-112(2,3)84-70-103-108-104(71-84)117(110-94(77-43-20-8-21-44-77)67-81(74-37-14-5-15-38-74)68-95(110)78-45-22-9-23-46-78)102-72-85(115-99-57-32-29-53-91(99)106-101(115)64-61-89-87-51-28-31-56-96(87)113(107(89)106,82-47-24-10-25-48-82)83-49-26-11-27-50-83)60-62-97(102)114(108)98-69-79(86-54-34-55-90-88-52-30-33-58-105(88)118-111(86)90)59-63-100(98)116(103)109-92(75-39-16-6-17-40-75)65-80(73-35-12-4-13-36-73)66-93(109)76-41-18-7-19-42-76/h4-72H,1-3H3. The Bertz CT molecular complexity index is 7220. The topological polar surface area (TPSA) is 24.6 Å². The van der Waals surface area contributed by atoms with Gasteiger partial charge in [0.05, 0.1) is 27.8 Å². The molecule has 0 saturated heterocycles. The van der Waals surface area contributed by atoms with Gasteiger partial charge in [0, 0.05) is 77.8 Å². The maximum Gasteiger partial charge on any atom is 0.252 e. The van der Waals surface area contributed by atoms with Gasteiger partial charge in [-0.05, 0) is 184 Å². The number of rotatable bonds is 12. The molecule has 0 saturated carbocycles. The van der Waals surface area contributed by atoms with Gasteiger partial charge < -0.3 is 18.8 Å². The normalized spacial score (nSPS) is 13.1. The molecule has 0 unspecified atom stereocenters. The molecule has 0 spiro atoms. The lowest BCUT2D eigenvalue weighted by atomic mass is 9.33. The van der Waals surface area contributed by atoms with E-state index in [4.69, 9.17) is 4.42 Å². The average Bonchev–Trinajstić information content (AvgIpc) is 1.42. The molecule has 1 aliphatic carbocycles. The molecule has 0 radical (unpaired) electrons. The number of aromatic nitrogens is 1. The summed E-state index contributed by atoms with van der Waals surface area (Å²) in [5.74, 6) is 0. The van der Waals surface area contributed by atoms with Crippen LogP contribution in [0.1, 0.15) is 48.6 Å². The average molecular weight is 1500 g/mol. The zero-order valence-corrected chi connectivity index (χ0v) is 65.7. The predicted octanol–water partition coefficient (Wildman–Crippen LogP) is 28.1. The third kappa shape index (κ3) is 10.6. The van der Waals surface area contributed by atoms with Crippen molar-refractivity contribution in [1.82, 2.24) is 4.57 Å². The molecule has 2 aliphatic heterocycles. The summed E-state index contributed by atoms with van der Waals surface area (Å²) in [4.78, 5) is 5.43. The lowest BCUT2D eigenvalue weighted by Crippen LogP contribution is -2.61. The second kappa shape index (κ2) is 27.2. The van der Waals surface area contributed by atoms with E-state index in [1.165, 1.54) is 66.1 Å². The van der Waals surface area contributed by atoms with Crippen LogP contribution in [0.3, 0.4) is 0 Å². The van der Waals surface area contributed by atoms with Crippen molar-refractivity contribution >= 4 is 101 Å². The van der Waals surface area contributed by atoms with Crippen molar-refractivity contribution in [2.24, 2.45) is 0 Å². The molecular weight excluding hydrogens is 1430 g/mol. The maximum atomic E-state index is 7.07. The highest BCUT2D eigenvalue weighted by molar-refractivity contribution is 7.00. The Kier molecular flexibility index (Phi) is 15.9. The number of hydrogen-bond acceptors (Lipinski definition) is 3. The first kappa shape index (κ1) is 68.8. The summed E-state index contributed by atoms with van der Waals surface area (Å²) in [7, 11) is 0. The van der Waals surface area contributed by atoms with Crippen LogP contribution >= 0.6 is 0 Å². The van der Waals surface area contributed by atoms with Crippen LogP contribution in [0.15, 0.2) is 423 Å². The molecule has 18 aromatic carbocycles. The predicted molar refractivity (Wildman–Crippen MR) is 496 cm³/mol. The zero-order chi connectivity index (χ0) is 78.3. The summed E-state index contributed by atoms with van der Waals surface area (Å²) in [6.45, 7) is 6.84. The lowest BCUT2D eigenvalue weighted by Gasteiger charge is -2.46. The molecule has 0 bridgehead atoms. The number of benzene rings is 18. The molecule has 0 fully saturated rings. The van der Waals surface area contributed by atoms with E-state index >= 15 is 0 Å². The van der Waals surface area contributed by atoms with Crippen LogP contribution < -0.4 is 26.2 Å². The molecule has 4 nitrogen and oxygen atoms in total. The van der Waals surface area contributed by atoms with Gasteiger partial charge >= 0.3 is 0 Å². The minimum absolute atomic E-state index is 0.342. The van der Waals surface area contributed by atoms with E-state index in [1.54, 1.807) is 0 Å². The number of para-hydroxylation sites is 3. The van der Waals surface area contributed by atoms with Gasteiger partial charge in [-0.3, -0.25) is 0 Å². The third-order valence-electron chi connectivity index (χ3n) is 25.4. The highest BCUT2D eigenvalue weighted by Crippen LogP contribution is 2.61. The molecular formula is C113H78BN3O. The minimum atomic E-state index is -0.667. The summed E-state index contributed by atoms with van der Waals surface area (Å²) < 4.78 is 9.66. The van der Waals surface area contributed by atoms with Crippen LogP contribution in [0.25, 0.3) is 138 Å².